The molecule has 1 aromatic heterocycles. The Kier molecular flexibility index (Phi) is 7.15. The number of ether oxygens (including phenoxy) is 1. The van der Waals surface area contributed by atoms with Crippen molar-refractivity contribution in [2.24, 2.45) is 5.92 Å². The molecule has 1 unspecified atom stereocenters. The number of urea groups is 1. The predicted molar refractivity (Wildman–Crippen MR) is 90.2 cm³/mol. The Morgan fingerprint density at radius 1 is 1.36 bits per heavy atom. The van der Waals surface area contributed by atoms with E-state index in [2.05, 4.69) is 29.4 Å². The van der Waals surface area contributed by atoms with Crippen molar-refractivity contribution in [3.63, 3.8) is 0 Å². The molecule has 2 amide bonds. The summed E-state index contributed by atoms with van der Waals surface area (Å²) < 4.78 is 5.42. The number of amides is 2. The van der Waals surface area contributed by atoms with E-state index in [4.69, 9.17) is 4.74 Å². The van der Waals surface area contributed by atoms with Crippen LogP contribution in [0.1, 0.15) is 25.1 Å². The van der Waals surface area contributed by atoms with Gasteiger partial charge in [0.2, 0.25) is 0 Å². The first-order valence-corrected chi connectivity index (χ1v) is 8.89. The zero-order valence-electron chi connectivity index (χ0n) is 13.5. The van der Waals surface area contributed by atoms with Crippen LogP contribution < -0.4 is 10.6 Å². The molecule has 0 bridgehead atoms. The van der Waals surface area contributed by atoms with E-state index in [0.717, 1.165) is 32.7 Å². The first-order valence-electron chi connectivity index (χ1n) is 8.01. The second kappa shape index (κ2) is 9.12. The lowest BCUT2D eigenvalue weighted by molar-refractivity contribution is 0.0129. The number of carbonyl (C=O) groups is 1. The van der Waals surface area contributed by atoms with Gasteiger partial charge in [-0.15, -0.1) is 11.3 Å². The largest absolute Gasteiger partial charge is 0.379 e. The number of thiophene rings is 1. The third-order valence-electron chi connectivity index (χ3n) is 3.81. The van der Waals surface area contributed by atoms with Gasteiger partial charge in [0, 0.05) is 30.6 Å². The summed E-state index contributed by atoms with van der Waals surface area (Å²) in [5, 5.41) is 7.95. The molecule has 1 saturated heterocycles. The average molecular weight is 325 g/mol. The van der Waals surface area contributed by atoms with Crippen LogP contribution in [-0.4, -0.2) is 49.8 Å². The van der Waals surface area contributed by atoms with Crippen LogP contribution in [0, 0.1) is 5.92 Å². The van der Waals surface area contributed by atoms with Crippen molar-refractivity contribution in [3.8, 4) is 0 Å². The third kappa shape index (κ3) is 5.94. The highest BCUT2D eigenvalue weighted by molar-refractivity contribution is 7.09. The fourth-order valence-electron chi connectivity index (χ4n) is 2.70. The maximum absolute atomic E-state index is 12.0. The summed E-state index contributed by atoms with van der Waals surface area (Å²) in [6.07, 6.45) is 1.09. The fraction of sp³-hybridized carbons (Fsp3) is 0.688. The van der Waals surface area contributed by atoms with Crippen LogP contribution in [0.3, 0.4) is 0 Å². The molecule has 1 aliphatic rings. The van der Waals surface area contributed by atoms with Crippen molar-refractivity contribution >= 4 is 17.4 Å². The van der Waals surface area contributed by atoms with Crippen LogP contribution >= 0.6 is 11.3 Å². The van der Waals surface area contributed by atoms with Crippen LogP contribution in [-0.2, 0) is 11.3 Å². The van der Waals surface area contributed by atoms with Crippen LogP contribution in [0.15, 0.2) is 17.5 Å². The molecular formula is C16H27N3O2S. The molecule has 0 aromatic carbocycles. The summed E-state index contributed by atoms with van der Waals surface area (Å²) in [5.41, 5.74) is 0. The van der Waals surface area contributed by atoms with Crippen molar-refractivity contribution < 1.29 is 9.53 Å². The maximum atomic E-state index is 12.0. The molecule has 0 spiro atoms. The monoisotopic (exact) mass is 325 g/mol. The van der Waals surface area contributed by atoms with E-state index in [0.29, 0.717) is 25.0 Å². The van der Waals surface area contributed by atoms with Gasteiger partial charge in [-0.2, -0.15) is 0 Å². The molecule has 1 atom stereocenters. The maximum Gasteiger partial charge on any atom is 0.315 e. The van der Waals surface area contributed by atoms with E-state index in [1.54, 1.807) is 11.3 Å². The minimum Gasteiger partial charge on any atom is -0.379 e. The normalized spacial score (nSPS) is 17.4. The summed E-state index contributed by atoms with van der Waals surface area (Å²) in [6.45, 7) is 9.23. The summed E-state index contributed by atoms with van der Waals surface area (Å²) in [5.74, 6) is 0.615. The number of rotatable bonds is 7. The molecule has 2 heterocycles. The van der Waals surface area contributed by atoms with Gasteiger partial charge < -0.3 is 15.4 Å². The number of carbonyl (C=O) groups excluding carboxylic acids is 1. The molecule has 0 radical (unpaired) electrons. The topological polar surface area (TPSA) is 53.6 Å². The van der Waals surface area contributed by atoms with Gasteiger partial charge in [0.1, 0.15) is 0 Å². The highest BCUT2D eigenvalue weighted by Gasteiger charge is 2.22. The van der Waals surface area contributed by atoms with Gasteiger partial charge in [-0.05, 0) is 23.8 Å². The first-order chi connectivity index (χ1) is 10.6. The van der Waals surface area contributed by atoms with Gasteiger partial charge in [-0.25, -0.2) is 4.79 Å². The van der Waals surface area contributed by atoms with Gasteiger partial charge in [0.25, 0.3) is 0 Å². The van der Waals surface area contributed by atoms with E-state index in [1.807, 2.05) is 17.5 Å². The van der Waals surface area contributed by atoms with Gasteiger partial charge in [-0.1, -0.05) is 19.9 Å². The lowest BCUT2D eigenvalue weighted by atomic mass is 10.0. The highest BCUT2D eigenvalue weighted by atomic mass is 32.1. The fourth-order valence-corrected chi connectivity index (χ4v) is 3.35. The quantitative estimate of drug-likeness (QED) is 0.809. The smallest absolute Gasteiger partial charge is 0.315 e. The summed E-state index contributed by atoms with van der Waals surface area (Å²) in [7, 11) is 0. The van der Waals surface area contributed by atoms with Crippen LogP contribution in [0.2, 0.25) is 0 Å². The van der Waals surface area contributed by atoms with E-state index in [1.165, 1.54) is 4.88 Å². The Labute approximate surface area is 137 Å². The van der Waals surface area contributed by atoms with E-state index >= 15 is 0 Å². The minimum absolute atomic E-state index is 0.0876. The summed E-state index contributed by atoms with van der Waals surface area (Å²) in [6, 6.07) is 4.32. The van der Waals surface area contributed by atoms with E-state index < -0.39 is 0 Å². The molecule has 1 fully saturated rings. The molecule has 124 valence electrons. The van der Waals surface area contributed by atoms with Gasteiger partial charge >= 0.3 is 6.03 Å². The van der Waals surface area contributed by atoms with Crippen LogP contribution in [0.5, 0.6) is 0 Å². The molecule has 2 rings (SSSR count). The van der Waals surface area contributed by atoms with E-state index in [9.17, 15) is 4.79 Å². The Hall–Kier alpha value is -1.11. The predicted octanol–water partition coefficient (Wildman–Crippen LogP) is 2.29. The third-order valence-corrected chi connectivity index (χ3v) is 4.68. The molecule has 6 heteroatoms. The average Bonchev–Trinajstić information content (AvgIpc) is 3.03. The van der Waals surface area contributed by atoms with Crippen molar-refractivity contribution in [3.05, 3.63) is 22.4 Å². The summed E-state index contributed by atoms with van der Waals surface area (Å²) >= 11 is 1.66. The SMILES string of the molecule is CC(C)CC(CNC(=O)NCc1cccs1)N1CCOCC1. The zero-order chi connectivity index (χ0) is 15.8. The van der Waals surface area contributed by atoms with E-state index in [-0.39, 0.29) is 6.03 Å². The Morgan fingerprint density at radius 2 is 2.14 bits per heavy atom. The zero-order valence-corrected chi connectivity index (χ0v) is 14.3. The highest BCUT2D eigenvalue weighted by Crippen LogP contribution is 2.13. The first kappa shape index (κ1) is 17.2. The Bertz CT molecular complexity index is 431. The van der Waals surface area contributed by atoms with Crippen molar-refractivity contribution in [2.75, 3.05) is 32.8 Å². The standard InChI is InChI=1S/C16H27N3O2S/c1-13(2)10-14(19-5-7-21-8-6-19)11-17-16(20)18-12-15-4-3-9-22-15/h3-4,9,13-14H,5-8,10-12H2,1-2H3,(H2,17,18,20). The summed E-state index contributed by atoms with van der Waals surface area (Å²) in [4.78, 5) is 15.6. The second-order valence-electron chi connectivity index (χ2n) is 6.07. The van der Waals surface area contributed by atoms with Crippen LogP contribution in [0.25, 0.3) is 0 Å². The number of hydrogen-bond donors (Lipinski definition) is 2. The second-order valence-corrected chi connectivity index (χ2v) is 7.11. The number of nitrogens with one attached hydrogen (secondary N) is 2. The lowest BCUT2D eigenvalue weighted by Crippen LogP contribution is -2.50. The van der Waals surface area contributed by atoms with Crippen LogP contribution in [0.4, 0.5) is 4.79 Å². The van der Waals surface area contributed by atoms with Crippen molar-refractivity contribution in [1.82, 2.24) is 15.5 Å². The number of morpholine rings is 1. The molecular weight excluding hydrogens is 298 g/mol. The Balaban J connectivity index is 1.75. The lowest BCUT2D eigenvalue weighted by Gasteiger charge is -2.35. The number of nitrogens with zero attached hydrogens (tertiary/aromatic N) is 1. The molecule has 2 N–H and O–H groups in total. The van der Waals surface area contributed by atoms with Gasteiger partial charge in [-0.3, -0.25) is 4.90 Å². The Morgan fingerprint density at radius 3 is 2.77 bits per heavy atom. The van der Waals surface area contributed by atoms with Gasteiger partial charge in [0.15, 0.2) is 0 Å². The van der Waals surface area contributed by atoms with Gasteiger partial charge in [0.05, 0.1) is 19.8 Å². The molecule has 5 nitrogen and oxygen atoms in total. The molecule has 0 saturated carbocycles. The molecule has 0 aliphatic carbocycles. The minimum atomic E-state index is -0.0876. The molecule has 1 aromatic rings. The number of hydrogen-bond acceptors (Lipinski definition) is 4. The van der Waals surface area contributed by atoms with Crippen molar-refractivity contribution in [1.29, 1.82) is 0 Å². The molecule has 22 heavy (non-hydrogen) atoms. The molecule has 1 aliphatic heterocycles. The van der Waals surface area contributed by atoms with Crippen molar-refractivity contribution in [2.45, 2.75) is 32.9 Å².